The number of halogens is 1. The summed E-state index contributed by atoms with van der Waals surface area (Å²) in [6.07, 6.45) is 4.23. The summed E-state index contributed by atoms with van der Waals surface area (Å²) in [5.74, 6) is 0.158. The van der Waals surface area contributed by atoms with Gasteiger partial charge in [-0.1, -0.05) is 12.5 Å². The Morgan fingerprint density at radius 2 is 2.15 bits per heavy atom. The summed E-state index contributed by atoms with van der Waals surface area (Å²) in [4.78, 5) is 10.7. The highest BCUT2D eigenvalue weighted by Gasteiger charge is 2.21. The van der Waals surface area contributed by atoms with Crippen molar-refractivity contribution in [1.82, 2.24) is 0 Å². The molecule has 0 atom stereocenters. The second kappa shape index (κ2) is 3.29. The molecule has 2 rings (SSSR count). The molecule has 0 spiro atoms. The number of benzene rings is 1. The number of aldehydes is 1. The molecule has 1 aliphatic carbocycles. The van der Waals surface area contributed by atoms with Crippen LogP contribution in [0.2, 0.25) is 0 Å². The zero-order valence-electron chi connectivity index (χ0n) is 7.29. The Kier molecular flexibility index (Phi) is 2.13. The molecule has 0 bridgehead atoms. The molecule has 1 nitrogen and oxygen atoms in total. The Balaban J connectivity index is 2.37. The van der Waals surface area contributed by atoms with Crippen LogP contribution in [-0.2, 0) is 0 Å². The summed E-state index contributed by atoms with van der Waals surface area (Å²) >= 11 is 0. The molecule has 0 saturated heterocycles. The van der Waals surface area contributed by atoms with Crippen molar-refractivity contribution in [3.8, 4) is 0 Å². The van der Waals surface area contributed by atoms with Crippen molar-refractivity contribution in [1.29, 1.82) is 0 Å². The predicted molar refractivity (Wildman–Crippen MR) is 48.4 cm³/mol. The molecule has 1 fully saturated rings. The van der Waals surface area contributed by atoms with Crippen LogP contribution in [0, 0.1) is 5.82 Å². The fraction of sp³-hybridized carbons (Fsp3) is 0.364. The standard InChI is InChI=1S/C11H11FO/c12-10-4-5-11(8-2-1-3-8)9(6-10)7-13/h4-8H,1-3H2. The normalized spacial score (nSPS) is 16.7. The zero-order chi connectivity index (χ0) is 9.26. The van der Waals surface area contributed by atoms with Crippen LogP contribution < -0.4 is 0 Å². The predicted octanol–water partition coefficient (Wildman–Crippen LogP) is 2.91. The van der Waals surface area contributed by atoms with Gasteiger partial charge in [-0.2, -0.15) is 0 Å². The molecule has 0 N–H and O–H groups in total. The highest BCUT2D eigenvalue weighted by molar-refractivity contribution is 5.77. The molecule has 1 aromatic carbocycles. The van der Waals surface area contributed by atoms with E-state index < -0.39 is 0 Å². The molecular weight excluding hydrogens is 167 g/mol. The topological polar surface area (TPSA) is 17.1 Å². The summed E-state index contributed by atoms with van der Waals surface area (Å²) in [5.41, 5.74) is 1.53. The van der Waals surface area contributed by atoms with Crippen molar-refractivity contribution < 1.29 is 9.18 Å². The van der Waals surface area contributed by atoms with Gasteiger partial charge in [0.2, 0.25) is 0 Å². The second-order valence-corrected chi connectivity index (χ2v) is 3.52. The third kappa shape index (κ3) is 1.48. The third-order valence-electron chi connectivity index (χ3n) is 2.72. The number of carbonyl (C=O) groups excluding carboxylic acids is 1. The first-order valence-corrected chi connectivity index (χ1v) is 4.56. The van der Waals surface area contributed by atoms with Crippen LogP contribution in [-0.4, -0.2) is 6.29 Å². The SMILES string of the molecule is O=Cc1cc(F)ccc1C1CCC1. The van der Waals surface area contributed by atoms with Gasteiger partial charge in [-0.15, -0.1) is 0 Å². The van der Waals surface area contributed by atoms with E-state index in [2.05, 4.69) is 0 Å². The fourth-order valence-corrected chi connectivity index (χ4v) is 1.74. The lowest BCUT2D eigenvalue weighted by molar-refractivity contribution is 0.112. The molecule has 0 aromatic heterocycles. The molecule has 1 saturated carbocycles. The van der Waals surface area contributed by atoms with Crippen LogP contribution in [0.4, 0.5) is 4.39 Å². The quantitative estimate of drug-likeness (QED) is 0.636. The average molecular weight is 178 g/mol. The highest BCUT2D eigenvalue weighted by Crippen LogP contribution is 2.37. The lowest BCUT2D eigenvalue weighted by Crippen LogP contribution is -2.11. The minimum absolute atomic E-state index is 0.329. The summed E-state index contributed by atoms with van der Waals surface area (Å²) in [6, 6.07) is 4.49. The van der Waals surface area contributed by atoms with Gasteiger partial charge >= 0.3 is 0 Å². The van der Waals surface area contributed by atoms with E-state index in [4.69, 9.17) is 0 Å². The Hall–Kier alpha value is -1.18. The second-order valence-electron chi connectivity index (χ2n) is 3.52. The minimum Gasteiger partial charge on any atom is -0.298 e. The smallest absolute Gasteiger partial charge is 0.150 e. The van der Waals surface area contributed by atoms with Crippen molar-refractivity contribution in [2.75, 3.05) is 0 Å². The van der Waals surface area contributed by atoms with Crippen molar-refractivity contribution >= 4 is 6.29 Å². The summed E-state index contributed by atoms with van der Waals surface area (Å²) in [7, 11) is 0. The first-order chi connectivity index (χ1) is 6.31. The van der Waals surface area contributed by atoms with Crippen LogP contribution >= 0.6 is 0 Å². The van der Waals surface area contributed by atoms with Crippen LogP contribution in [0.3, 0.4) is 0 Å². The summed E-state index contributed by atoms with van der Waals surface area (Å²) in [6.45, 7) is 0. The van der Waals surface area contributed by atoms with Crippen molar-refractivity contribution in [3.63, 3.8) is 0 Å². The minimum atomic E-state index is -0.329. The maximum Gasteiger partial charge on any atom is 0.150 e. The molecule has 0 heterocycles. The van der Waals surface area contributed by atoms with Gasteiger partial charge in [-0.3, -0.25) is 4.79 Å². The van der Waals surface area contributed by atoms with E-state index in [1.54, 1.807) is 6.07 Å². The van der Waals surface area contributed by atoms with E-state index in [0.29, 0.717) is 11.5 Å². The molecule has 1 aromatic rings. The van der Waals surface area contributed by atoms with Gasteiger partial charge in [0.05, 0.1) is 0 Å². The third-order valence-corrected chi connectivity index (χ3v) is 2.72. The molecule has 1 aliphatic rings. The fourth-order valence-electron chi connectivity index (χ4n) is 1.74. The monoisotopic (exact) mass is 178 g/mol. The Labute approximate surface area is 76.6 Å². The molecule has 0 amide bonds. The summed E-state index contributed by atoms with van der Waals surface area (Å²) in [5, 5.41) is 0. The maximum atomic E-state index is 12.8. The number of hydrogen-bond acceptors (Lipinski definition) is 1. The molecule has 2 heteroatoms. The Morgan fingerprint density at radius 3 is 2.69 bits per heavy atom. The first-order valence-electron chi connectivity index (χ1n) is 4.56. The molecular formula is C11H11FO. The van der Waals surface area contributed by atoms with Gasteiger partial charge in [0.15, 0.2) is 0 Å². The van der Waals surface area contributed by atoms with Gasteiger partial charge in [0.25, 0.3) is 0 Å². The van der Waals surface area contributed by atoms with Crippen molar-refractivity contribution in [2.24, 2.45) is 0 Å². The zero-order valence-corrected chi connectivity index (χ0v) is 7.29. The van der Waals surface area contributed by atoms with Gasteiger partial charge in [0, 0.05) is 5.56 Å². The van der Waals surface area contributed by atoms with Gasteiger partial charge in [0.1, 0.15) is 12.1 Å². The molecule has 13 heavy (non-hydrogen) atoms. The Morgan fingerprint density at radius 1 is 1.38 bits per heavy atom. The summed E-state index contributed by atoms with van der Waals surface area (Å²) < 4.78 is 12.8. The van der Waals surface area contributed by atoms with E-state index in [0.717, 1.165) is 24.7 Å². The van der Waals surface area contributed by atoms with Gasteiger partial charge in [-0.05, 0) is 36.5 Å². The lowest BCUT2D eigenvalue weighted by Gasteiger charge is -2.26. The van der Waals surface area contributed by atoms with E-state index in [1.165, 1.54) is 18.6 Å². The van der Waals surface area contributed by atoms with E-state index >= 15 is 0 Å². The van der Waals surface area contributed by atoms with Crippen LogP contribution in [0.15, 0.2) is 18.2 Å². The number of hydrogen-bond donors (Lipinski definition) is 0. The Bertz CT molecular complexity index is 329. The molecule has 0 radical (unpaired) electrons. The number of carbonyl (C=O) groups is 1. The van der Waals surface area contributed by atoms with Crippen LogP contribution in [0.25, 0.3) is 0 Å². The number of rotatable bonds is 2. The van der Waals surface area contributed by atoms with E-state index in [9.17, 15) is 9.18 Å². The molecule has 68 valence electrons. The van der Waals surface area contributed by atoms with E-state index in [-0.39, 0.29) is 5.82 Å². The van der Waals surface area contributed by atoms with E-state index in [1.807, 2.05) is 0 Å². The van der Waals surface area contributed by atoms with Crippen molar-refractivity contribution in [3.05, 3.63) is 35.1 Å². The van der Waals surface area contributed by atoms with Crippen molar-refractivity contribution in [2.45, 2.75) is 25.2 Å². The highest BCUT2D eigenvalue weighted by atomic mass is 19.1. The maximum absolute atomic E-state index is 12.8. The van der Waals surface area contributed by atoms with Crippen LogP contribution in [0.1, 0.15) is 41.1 Å². The average Bonchev–Trinajstić information content (AvgIpc) is 2.05. The van der Waals surface area contributed by atoms with Crippen LogP contribution in [0.5, 0.6) is 0 Å². The lowest BCUT2D eigenvalue weighted by atomic mass is 9.78. The molecule has 0 unspecified atom stereocenters. The largest absolute Gasteiger partial charge is 0.298 e. The van der Waals surface area contributed by atoms with Gasteiger partial charge in [-0.25, -0.2) is 4.39 Å². The molecule has 0 aliphatic heterocycles. The van der Waals surface area contributed by atoms with Gasteiger partial charge < -0.3 is 0 Å². The first kappa shape index (κ1) is 8.42.